The van der Waals surface area contributed by atoms with E-state index in [1.54, 1.807) is 39.0 Å². The molecule has 12 heteroatoms. The lowest BCUT2D eigenvalue weighted by Gasteiger charge is -2.52. The van der Waals surface area contributed by atoms with Crippen LogP contribution in [0.1, 0.15) is 20.8 Å². The van der Waals surface area contributed by atoms with Crippen LogP contribution in [0.3, 0.4) is 0 Å². The van der Waals surface area contributed by atoms with Crippen LogP contribution in [0.4, 0.5) is 0 Å². The Bertz CT molecular complexity index is 1050. The van der Waals surface area contributed by atoms with Crippen LogP contribution in [0.2, 0.25) is 5.02 Å². The molecule has 2 amide bonds. The average molecular weight is 513 g/mol. The lowest BCUT2D eigenvalue weighted by molar-refractivity contribution is -0.179. The Morgan fingerprint density at radius 2 is 1.97 bits per heavy atom. The maximum atomic E-state index is 12.8. The first-order valence-corrected chi connectivity index (χ1v) is 12.0. The van der Waals surface area contributed by atoms with Gasteiger partial charge in [-0.25, -0.2) is 4.79 Å². The number of β-lactam (4-membered cyclic amide) rings is 1. The number of carbonyl (C=O) groups excluding carboxylic acids is 4. The van der Waals surface area contributed by atoms with Crippen molar-refractivity contribution >= 4 is 46.2 Å². The molecule has 1 N–H and O–H groups in total. The quantitative estimate of drug-likeness (QED) is 0.249. The first-order chi connectivity index (χ1) is 15.9. The van der Waals surface area contributed by atoms with Crippen LogP contribution < -0.4 is 10.1 Å². The number of halogens is 1. The minimum atomic E-state index is -1.59. The first kappa shape index (κ1) is 25.7. The fraction of sp³-hybridized carbons (Fsp3) is 0.455. The Morgan fingerprint density at radius 3 is 2.62 bits per heavy atom. The number of benzene rings is 1. The lowest BCUT2D eigenvalue weighted by atomic mass is 9.98. The smallest absolute Gasteiger partial charge is 0.336 e. The summed E-state index contributed by atoms with van der Waals surface area (Å²) in [5, 5.41) is 2.01. The van der Waals surface area contributed by atoms with Gasteiger partial charge in [0.2, 0.25) is 12.7 Å². The number of hydrogen-bond donors (Lipinski definition) is 1. The molecule has 0 aliphatic carbocycles. The number of esters is 2. The summed E-state index contributed by atoms with van der Waals surface area (Å²) >= 11 is 5.87. The number of amides is 2. The van der Waals surface area contributed by atoms with Gasteiger partial charge in [-0.1, -0.05) is 24.2 Å². The summed E-state index contributed by atoms with van der Waals surface area (Å²) in [4.78, 5) is 50.6. The predicted octanol–water partition coefficient (Wildman–Crippen LogP) is 1.15. The number of carbonyl (C=O) groups is 4. The van der Waals surface area contributed by atoms with Gasteiger partial charge >= 0.3 is 11.9 Å². The maximum Gasteiger partial charge on any atom is 0.336 e. The van der Waals surface area contributed by atoms with E-state index in [0.717, 1.165) is 4.90 Å². The van der Waals surface area contributed by atoms with Crippen LogP contribution >= 0.6 is 11.6 Å². The molecule has 34 heavy (non-hydrogen) atoms. The van der Waals surface area contributed by atoms with Crippen LogP contribution in [0, 0.1) is 5.41 Å². The molecular formula is C22H25ClN2O8S. The molecule has 1 aromatic carbocycles. The molecule has 2 fully saturated rings. The molecule has 1 aromatic rings. The molecule has 0 aromatic heterocycles. The highest BCUT2D eigenvalue weighted by Gasteiger charge is 2.59. The van der Waals surface area contributed by atoms with Gasteiger partial charge in [0.1, 0.15) is 17.2 Å². The molecule has 0 spiro atoms. The van der Waals surface area contributed by atoms with Crippen molar-refractivity contribution in [3.8, 4) is 5.75 Å². The molecule has 2 saturated heterocycles. The second-order valence-corrected chi connectivity index (χ2v) is 10.7. The van der Waals surface area contributed by atoms with Gasteiger partial charge in [0.25, 0.3) is 5.91 Å². The van der Waals surface area contributed by atoms with Crippen LogP contribution in [-0.2, 0) is 39.5 Å². The number of hydrogen-bond acceptors (Lipinski definition) is 8. The molecule has 184 valence electrons. The van der Waals surface area contributed by atoms with Crippen molar-refractivity contribution in [1.82, 2.24) is 10.2 Å². The Labute approximate surface area is 204 Å². The van der Waals surface area contributed by atoms with Gasteiger partial charge in [0.15, 0.2) is 12.6 Å². The van der Waals surface area contributed by atoms with E-state index >= 15 is 0 Å². The third-order valence-electron chi connectivity index (χ3n) is 5.05. The van der Waals surface area contributed by atoms with Gasteiger partial charge in [0, 0.05) is 10.8 Å². The zero-order valence-electron chi connectivity index (χ0n) is 18.9. The molecule has 0 bridgehead atoms. The fourth-order valence-corrected chi connectivity index (χ4v) is 5.19. The third kappa shape index (κ3) is 5.58. The predicted molar refractivity (Wildman–Crippen MR) is 122 cm³/mol. The molecule has 3 rings (SSSR count). The van der Waals surface area contributed by atoms with Crippen molar-refractivity contribution in [3.63, 3.8) is 0 Å². The Kier molecular flexibility index (Phi) is 7.67. The molecule has 3 unspecified atom stereocenters. The summed E-state index contributed by atoms with van der Waals surface area (Å²) < 4.78 is 27.9. The topological polar surface area (TPSA) is 128 Å². The average Bonchev–Trinajstić information content (AvgIpc) is 2.75. The molecule has 0 radical (unpaired) electrons. The number of fused-ring (bicyclic) bond motifs is 1. The zero-order chi connectivity index (χ0) is 25.2. The van der Waals surface area contributed by atoms with Crippen molar-refractivity contribution in [2.75, 3.05) is 19.2 Å². The van der Waals surface area contributed by atoms with Gasteiger partial charge in [-0.3, -0.25) is 18.6 Å². The Morgan fingerprint density at radius 1 is 1.26 bits per heavy atom. The van der Waals surface area contributed by atoms with Gasteiger partial charge in [-0.15, -0.1) is 0 Å². The highest BCUT2D eigenvalue weighted by molar-refractivity contribution is 7.86. The van der Waals surface area contributed by atoms with Crippen molar-refractivity contribution < 1.29 is 37.6 Å². The minimum Gasteiger partial charge on any atom is -0.484 e. The van der Waals surface area contributed by atoms with Crippen LogP contribution in [-0.4, -0.2) is 69.5 Å². The summed E-state index contributed by atoms with van der Waals surface area (Å²) in [6, 6.07) is 4.18. The second-order valence-electron chi connectivity index (χ2n) is 8.78. The van der Waals surface area contributed by atoms with Gasteiger partial charge in [-0.05, 0) is 44.5 Å². The van der Waals surface area contributed by atoms with Gasteiger partial charge in [-0.2, -0.15) is 0 Å². The molecule has 0 saturated carbocycles. The van der Waals surface area contributed by atoms with Crippen molar-refractivity contribution in [2.45, 2.75) is 38.2 Å². The Hall–Kier alpha value is -2.92. The summed E-state index contributed by atoms with van der Waals surface area (Å²) in [6.45, 7) is 7.67. The van der Waals surface area contributed by atoms with E-state index in [-0.39, 0.29) is 17.9 Å². The number of ether oxygens (including phenoxy) is 3. The van der Waals surface area contributed by atoms with E-state index in [2.05, 4.69) is 11.9 Å². The SMILES string of the molecule is C=C1CS(=O)[C@H]2C(NC(=O)COc3cccc(Cl)c3)C(=O)N2C1C(=O)OCOC(=O)C(C)(C)C. The fourth-order valence-electron chi connectivity index (χ4n) is 3.35. The standard InChI is InChI=1S/C22H25ClN2O8S/c1-12-10-34(30)19-16(24-15(26)9-31-14-7-5-6-13(23)8-14)18(27)25(19)17(12)20(28)32-11-33-21(29)22(2,3)4/h5-8,16-17,19H,1,9-11H2,2-4H3,(H,24,26)/t16?,17?,19-,34?/m0/s1. The number of nitrogens with one attached hydrogen (secondary N) is 1. The number of rotatable bonds is 7. The summed E-state index contributed by atoms with van der Waals surface area (Å²) in [6.07, 6.45) is 0. The second kappa shape index (κ2) is 10.1. The van der Waals surface area contributed by atoms with E-state index in [4.69, 9.17) is 25.8 Å². The largest absolute Gasteiger partial charge is 0.484 e. The van der Waals surface area contributed by atoms with E-state index in [0.29, 0.717) is 10.8 Å². The van der Waals surface area contributed by atoms with Crippen LogP contribution in [0.15, 0.2) is 36.4 Å². The van der Waals surface area contributed by atoms with Crippen molar-refractivity contribution in [2.24, 2.45) is 5.41 Å². The van der Waals surface area contributed by atoms with E-state index in [9.17, 15) is 23.4 Å². The summed E-state index contributed by atoms with van der Waals surface area (Å²) in [5.74, 6) is -2.32. The van der Waals surface area contributed by atoms with Gasteiger partial charge < -0.3 is 24.4 Å². The molecule has 10 nitrogen and oxygen atoms in total. The van der Waals surface area contributed by atoms with Crippen molar-refractivity contribution in [1.29, 1.82) is 0 Å². The normalized spacial score (nSPS) is 23.9. The van der Waals surface area contributed by atoms with E-state index < -0.39 is 64.2 Å². The highest BCUT2D eigenvalue weighted by atomic mass is 35.5. The molecule has 2 heterocycles. The summed E-state index contributed by atoms with van der Waals surface area (Å²) in [5.41, 5.74) is -0.554. The van der Waals surface area contributed by atoms with E-state index in [1.807, 2.05) is 0 Å². The highest BCUT2D eigenvalue weighted by Crippen LogP contribution is 2.34. The third-order valence-corrected chi connectivity index (χ3v) is 6.98. The minimum absolute atomic E-state index is 0.0542. The van der Waals surface area contributed by atoms with Crippen molar-refractivity contribution in [3.05, 3.63) is 41.4 Å². The monoisotopic (exact) mass is 512 g/mol. The molecule has 4 atom stereocenters. The number of nitrogens with zero attached hydrogens (tertiary/aromatic N) is 1. The lowest BCUT2D eigenvalue weighted by Crippen LogP contribution is -2.77. The van der Waals surface area contributed by atoms with Crippen LogP contribution in [0.25, 0.3) is 0 Å². The maximum absolute atomic E-state index is 12.8. The first-order valence-electron chi connectivity index (χ1n) is 10.3. The Balaban J connectivity index is 1.58. The van der Waals surface area contributed by atoms with E-state index in [1.165, 1.54) is 6.07 Å². The summed E-state index contributed by atoms with van der Waals surface area (Å²) in [7, 11) is -1.59. The molecule has 2 aliphatic rings. The van der Waals surface area contributed by atoms with Gasteiger partial charge in [0.05, 0.1) is 16.2 Å². The molecular weight excluding hydrogens is 488 g/mol. The van der Waals surface area contributed by atoms with Crippen LogP contribution in [0.5, 0.6) is 5.75 Å². The zero-order valence-corrected chi connectivity index (χ0v) is 20.4. The molecule has 2 aliphatic heterocycles.